The Balaban J connectivity index is 1.72. The van der Waals surface area contributed by atoms with Crippen LogP contribution in [0.5, 0.6) is 11.6 Å². The van der Waals surface area contributed by atoms with Gasteiger partial charge in [0, 0.05) is 11.1 Å². The van der Waals surface area contributed by atoms with Gasteiger partial charge in [0.2, 0.25) is 5.88 Å². The summed E-state index contributed by atoms with van der Waals surface area (Å²) in [5.41, 5.74) is 3.65. The first-order chi connectivity index (χ1) is 12.0. The van der Waals surface area contributed by atoms with Gasteiger partial charge in [-0.15, -0.1) is 4.91 Å². The monoisotopic (exact) mass is 335 g/mol. The van der Waals surface area contributed by atoms with Gasteiger partial charge in [-0.25, -0.2) is 9.97 Å². The Morgan fingerprint density at radius 2 is 1.92 bits per heavy atom. The topological polar surface area (TPSA) is 81.5 Å². The fraction of sp³-hybridized carbons (Fsp3) is 0.211. The molecule has 1 unspecified atom stereocenters. The average molecular weight is 335 g/mol. The molecular weight excluding hydrogens is 318 g/mol. The zero-order valence-corrected chi connectivity index (χ0v) is 14.0. The Kier molecular flexibility index (Phi) is 4.79. The number of hydrogen-bond donors (Lipinski definition) is 0. The van der Waals surface area contributed by atoms with Crippen molar-refractivity contribution < 1.29 is 9.53 Å². The van der Waals surface area contributed by atoms with Crippen LogP contribution in [-0.2, 0) is 11.2 Å². The zero-order chi connectivity index (χ0) is 17.8. The molecule has 1 amide bonds. The third kappa shape index (κ3) is 4.03. The van der Waals surface area contributed by atoms with Gasteiger partial charge in [0.05, 0.1) is 17.2 Å². The molecule has 0 saturated heterocycles. The van der Waals surface area contributed by atoms with Gasteiger partial charge in [-0.05, 0) is 48.7 Å². The van der Waals surface area contributed by atoms with Crippen LogP contribution in [0, 0.1) is 17.7 Å². The summed E-state index contributed by atoms with van der Waals surface area (Å²) in [6, 6.07) is 13.1. The predicted octanol–water partition coefficient (Wildman–Crippen LogP) is 4.20. The summed E-state index contributed by atoms with van der Waals surface area (Å²) >= 11 is 0. The van der Waals surface area contributed by atoms with E-state index < -0.39 is 11.8 Å². The molecule has 1 atom stereocenters. The summed E-state index contributed by atoms with van der Waals surface area (Å²) < 4.78 is 5.74. The normalized spacial score (nSPS) is 11.9. The summed E-state index contributed by atoms with van der Waals surface area (Å²) in [5, 5.41) is 2.46. The lowest BCUT2D eigenvalue weighted by atomic mass is 10.0. The van der Waals surface area contributed by atoms with Crippen molar-refractivity contribution in [3.05, 3.63) is 64.7 Å². The van der Waals surface area contributed by atoms with Crippen LogP contribution in [0.4, 0.5) is 0 Å². The van der Waals surface area contributed by atoms with E-state index in [-0.39, 0.29) is 0 Å². The van der Waals surface area contributed by atoms with Crippen molar-refractivity contribution in [1.82, 2.24) is 9.97 Å². The summed E-state index contributed by atoms with van der Waals surface area (Å²) in [7, 11) is 0. The molecule has 0 radical (unpaired) electrons. The number of carbonyl (C=O) groups is 1. The van der Waals surface area contributed by atoms with Crippen molar-refractivity contribution in [2.24, 2.45) is 11.1 Å². The SMILES string of the molecule is Cc1ccc2nc(Oc3ccc(CC(C)C(=O)N=O)cc3)cnc2c1. The Morgan fingerprint density at radius 3 is 2.64 bits per heavy atom. The molecule has 1 heterocycles. The molecule has 0 aliphatic carbocycles. The maximum absolute atomic E-state index is 11.2. The highest BCUT2D eigenvalue weighted by molar-refractivity contribution is 5.79. The van der Waals surface area contributed by atoms with Gasteiger partial charge in [-0.2, -0.15) is 0 Å². The van der Waals surface area contributed by atoms with E-state index in [0.29, 0.717) is 18.1 Å². The summed E-state index contributed by atoms with van der Waals surface area (Å²) in [6.45, 7) is 3.69. The van der Waals surface area contributed by atoms with E-state index in [1.807, 2.05) is 37.3 Å². The van der Waals surface area contributed by atoms with Gasteiger partial charge in [-0.1, -0.05) is 25.1 Å². The quantitative estimate of drug-likeness (QED) is 0.653. The van der Waals surface area contributed by atoms with Gasteiger partial charge in [0.15, 0.2) is 0 Å². The van der Waals surface area contributed by atoms with Crippen LogP contribution in [0.15, 0.2) is 53.8 Å². The molecule has 0 bridgehead atoms. The number of fused-ring (bicyclic) bond motifs is 1. The molecule has 126 valence electrons. The molecule has 0 aliphatic heterocycles. The van der Waals surface area contributed by atoms with E-state index in [0.717, 1.165) is 22.2 Å². The second-order valence-corrected chi connectivity index (χ2v) is 5.98. The van der Waals surface area contributed by atoms with Crippen molar-refractivity contribution in [3.63, 3.8) is 0 Å². The van der Waals surface area contributed by atoms with E-state index in [2.05, 4.69) is 15.1 Å². The summed E-state index contributed by atoms with van der Waals surface area (Å²) in [4.78, 5) is 30.3. The smallest absolute Gasteiger partial charge is 0.289 e. The minimum absolute atomic E-state index is 0.415. The number of ether oxygens (including phenoxy) is 1. The summed E-state index contributed by atoms with van der Waals surface area (Å²) in [6.07, 6.45) is 2.05. The molecule has 0 spiro atoms. The molecule has 1 aromatic heterocycles. The minimum atomic E-state index is -0.637. The van der Waals surface area contributed by atoms with E-state index >= 15 is 0 Å². The van der Waals surface area contributed by atoms with Gasteiger partial charge in [-0.3, -0.25) is 4.79 Å². The highest BCUT2D eigenvalue weighted by Crippen LogP contribution is 2.22. The van der Waals surface area contributed by atoms with Crippen LogP contribution in [0.1, 0.15) is 18.1 Å². The van der Waals surface area contributed by atoms with Crippen molar-refractivity contribution >= 4 is 16.9 Å². The van der Waals surface area contributed by atoms with Crippen molar-refractivity contribution in [2.45, 2.75) is 20.3 Å². The van der Waals surface area contributed by atoms with Crippen molar-refractivity contribution in [2.75, 3.05) is 0 Å². The van der Waals surface area contributed by atoms with Crippen molar-refractivity contribution in [3.8, 4) is 11.6 Å². The Labute approximate surface area is 144 Å². The van der Waals surface area contributed by atoms with E-state index in [9.17, 15) is 9.70 Å². The van der Waals surface area contributed by atoms with E-state index in [1.54, 1.807) is 25.3 Å². The number of nitroso groups, excluding NO2 is 1. The van der Waals surface area contributed by atoms with Crippen molar-refractivity contribution in [1.29, 1.82) is 0 Å². The fourth-order valence-corrected chi connectivity index (χ4v) is 2.50. The fourth-order valence-electron chi connectivity index (χ4n) is 2.50. The number of amides is 1. The first kappa shape index (κ1) is 16.7. The summed E-state index contributed by atoms with van der Waals surface area (Å²) in [5.74, 6) is -0.0316. The highest BCUT2D eigenvalue weighted by Gasteiger charge is 2.14. The highest BCUT2D eigenvalue weighted by atomic mass is 16.5. The molecule has 0 fully saturated rings. The lowest BCUT2D eigenvalue weighted by Crippen LogP contribution is -2.10. The number of aromatic nitrogens is 2. The van der Waals surface area contributed by atoms with E-state index in [1.165, 1.54) is 0 Å². The third-order valence-corrected chi connectivity index (χ3v) is 3.87. The second kappa shape index (κ2) is 7.17. The first-order valence-electron chi connectivity index (χ1n) is 7.92. The van der Waals surface area contributed by atoms with Crippen LogP contribution in [-0.4, -0.2) is 15.9 Å². The zero-order valence-electron chi connectivity index (χ0n) is 14.0. The minimum Gasteiger partial charge on any atom is -0.437 e. The Bertz CT molecular complexity index is 923. The van der Waals surface area contributed by atoms with Gasteiger partial charge in [0.25, 0.3) is 5.91 Å². The molecule has 0 aliphatic rings. The molecule has 3 aromatic rings. The molecule has 25 heavy (non-hydrogen) atoms. The predicted molar refractivity (Wildman–Crippen MR) is 94.5 cm³/mol. The average Bonchev–Trinajstić information content (AvgIpc) is 2.62. The first-order valence-corrected chi connectivity index (χ1v) is 7.92. The molecule has 0 saturated carbocycles. The van der Waals surface area contributed by atoms with Crippen LogP contribution >= 0.6 is 0 Å². The van der Waals surface area contributed by atoms with Gasteiger partial charge < -0.3 is 4.74 Å². The molecule has 6 nitrogen and oxygen atoms in total. The number of hydrogen-bond acceptors (Lipinski definition) is 5. The number of aryl methyl sites for hydroxylation is 1. The molecule has 0 N–H and O–H groups in total. The number of nitrogens with zero attached hydrogens (tertiary/aromatic N) is 3. The Morgan fingerprint density at radius 1 is 1.16 bits per heavy atom. The third-order valence-electron chi connectivity index (χ3n) is 3.87. The standard InChI is InChI=1S/C19H17N3O3/c1-12-3-8-16-17(9-12)20-11-18(21-16)25-15-6-4-14(5-7-15)10-13(2)19(23)22-24/h3-9,11,13H,10H2,1-2H3. The number of rotatable bonds is 5. The van der Waals surface area contributed by atoms with Crippen LogP contribution < -0.4 is 4.74 Å². The maximum atomic E-state index is 11.2. The molecule has 3 rings (SSSR count). The lowest BCUT2D eigenvalue weighted by molar-refractivity contribution is -0.121. The molecule has 6 heteroatoms. The van der Waals surface area contributed by atoms with Crippen LogP contribution in [0.3, 0.4) is 0 Å². The van der Waals surface area contributed by atoms with E-state index in [4.69, 9.17) is 4.74 Å². The molecule has 2 aromatic carbocycles. The van der Waals surface area contributed by atoms with Gasteiger partial charge in [0.1, 0.15) is 5.75 Å². The van der Waals surface area contributed by atoms with Crippen LogP contribution in [0.2, 0.25) is 0 Å². The Hall–Kier alpha value is -3.15. The largest absolute Gasteiger partial charge is 0.437 e. The second-order valence-electron chi connectivity index (χ2n) is 5.98. The number of benzene rings is 2. The van der Waals surface area contributed by atoms with Crippen LogP contribution in [0.25, 0.3) is 11.0 Å². The maximum Gasteiger partial charge on any atom is 0.289 e. The molecular formula is C19H17N3O3. The number of carbonyl (C=O) groups excluding carboxylic acids is 1. The van der Waals surface area contributed by atoms with Gasteiger partial charge >= 0.3 is 0 Å². The lowest BCUT2D eigenvalue weighted by Gasteiger charge is -2.08.